The Morgan fingerprint density at radius 2 is 2.07 bits per heavy atom. The second kappa shape index (κ2) is 8.19. The maximum Gasteiger partial charge on any atom is 0.238 e. The zero-order valence-corrected chi connectivity index (χ0v) is 16.6. The number of rotatable bonds is 5. The van der Waals surface area contributed by atoms with E-state index in [1.165, 1.54) is 26.5 Å². The lowest BCUT2D eigenvalue weighted by atomic mass is 10.1. The average Bonchev–Trinajstić information content (AvgIpc) is 3.11. The van der Waals surface area contributed by atoms with Gasteiger partial charge in [0.25, 0.3) is 0 Å². The zero-order valence-electron chi connectivity index (χ0n) is 15.0. The van der Waals surface area contributed by atoms with Gasteiger partial charge in [-0.2, -0.15) is 0 Å². The molecular weight excluding hydrogens is 372 g/mol. The van der Waals surface area contributed by atoms with Crippen molar-refractivity contribution in [1.82, 2.24) is 4.98 Å². The molecule has 0 aliphatic carbocycles. The van der Waals surface area contributed by atoms with Gasteiger partial charge in [0.05, 0.1) is 5.25 Å². The predicted octanol–water partition coefficient (Wildman–Crippen LogP) is 5.34. The molecule has 1 aliphatic heterocycles. The smallest absolute Gasteiger partial charge is 0.238 e. The third kappa shape index (κ3) is 4.54. The number of fused-ring (bicyclic) bond motifs is 1. The summed E-state index contributed by atoms with van der Waals surface area (Å²) < 4.78 is 0. The number of thioether (sulfide) groups is 2. The Kier molecular flexibility index (Phi) is 5.50. The topological polar surface area (TPSA) is 42.0 Å². The molecule has 5 heteroatoms. The highest BCUT2D eigenvalue weighted by atomic mass is 32.2. The Morgan fingerprint density at radius 3 is 2.85 bits per heavy atom. The largest absolute Gasteiger partial charge is 0.325 e. The van der Waals surface area contributed by atoms with Gasteiger partial charge in [-0.25, -0.2) is 0 Å². The number of nitrogens with one attached hydrogen (secondary N) is 1. The highest BCUT2D eigenvalue weighted by Crippen LogP contribution is 2.38. The van der Waals surface area contributed by atoms with Crippen LogP contribution in [0, 0.1) is 6.92 Å². The van der Waals surface area contributed by atoms with Crippen molar-refractivity contribution in [2.24, 2.45) is 0 Å². The van der Waals surface area contributed by atoms with Gasteiger partial charge in [-0.05, 0) is 60.9 Å². The summed E-state index contributed by atoms with van der Waals surface area (Å²) in [5.41, 5.74) is 4.56. The van der Waals surface area contributed by atoms with Crippen molar-refractivity contribution < 1.29 is 4.79 Å². The number of nitrogens with zero attached hydrogens (tertiary/aromatic N) is 1. The third-order valence-corrected chi connectivity index (χ3v) is 6.82. The Morgan fingerprint density at radius 1 is 1.22 bits per heavy atom. The van der Waals surface area contributed by atoms with E-state index in [-0.39, 0.29) is 11.2 Å². The second-order valence-electron chi connectivity index (χ2n) is 6.59. The quantitative estimate of drug-likeness (QED) is 0.595. The lowest BCUT2D eigenvalue weighted by Crippen LogP contribution is -2.24. The summed E-state index contributed by atoms with van der Waals surface area (Å²) in [5, 5.41) is 3.00. The van der Waals surface area contributed by atoms with Crippen LogP contribution < -0.4 is 5.32 Å². The molecule has 2 aromatic carbocycles. The second-order valence-corrected chi connectivity index (χ2v) is 8.88. The Balaban J connectivity index is 1.33. The molecular formula is C22H20N2OS2. The number of carbonyl (C=O) groups excluding carboxylic acids is 1. The molecule has 136 valence electrons. The highest BCUT2D eigenvalue weighted by Gasteiger charge is 2.28. The van der Waals surface area contributed by atoms with Gasteiger partial charge in [0.2, 0.25) is 5.91 Å². The highest BCUT2D eigenvalue weighted by molar-refractivity contribution is 8.01. The molecule has 0 radical (unpaired) electrons. The minimum atomic E-state index is -0.0542. The molecule has 27 heavy (non-hydrogen) atoms. The van der Waals surface area contributed by atoms with E-state index in [4.69, 9.17) is 0 Å². The number of carbonyl (C=O) groups is 1. The van der Waals surface area contributed by atoms with Crippen LogP contribution in [0.4, 0.5) is 5.69 Å². The SMILES string of the molecule is Cc1ccc2c(c1)SC(C(=O)Nc1ccc(SCc3cccnc3)cc1)C2. The van der Waals surface area contributed by atoms with Gasteiger partial charge in [-0.1, -0.05) is 23.8 Å². The minimum absolute atomic E-state index is 0.0542. The molecule has 1 amide bonds. The van der Waals surface area contributed by atoms with Crippen molar-refractivity contribution in [3.05, 3.63) is 83.7 Å². The van der Waals surface area contributed by atoms with Crippen LogP contribution in [-0.4, -0.2) is 16.1 Å². The van der Waals surface area contributed by atoms with Crippen LogP contribution in [0.15, 0.2) is 76.8 Å². The van der Waals surface area contributed by atoms with Crippen molar-refractivity contribution >= 4 is 35.1 Å². The van der Waals surface area contributed by atoms with Crippen LogP contribution in [0.1, 0.15) is 16.7 Å². The molecule has 0 fully saturated rings. The molecule has 0 spiro atoms. The third-order valence-electron chi connectivity index (χ3n) is 4.44. The lowest BCUT2D eigenvalue weighted by Gasteiger charge is -2.10. The molecule has 1 N–H and O–H groups in total. The summed E-state index contributed by atoms with van der Waals surface area (Å²) in [4.78, 5) is 19.2. The van der Waals surface area contributed by atoms with Crippen LogP contribution >= 0.6 is 23.5 Å². The monoisotopic (exact) mass is 392 g/mol. The molecule has 1 aromatic heterocycles. The van der Waals surface area contributed by atoms with Crippen molar-refractivity contribution in [1.29, 1.82) is 0 Å². The van der Waals surface area contributed by atoms with E-state index in [9.17, 15) is 4.79 Å². The van der Waals surface area contributed by atoms with Crippen molar-refractivity contribution in [2.75, 3.05) is 5.32 Å². The Hall–Kier alpha value is -2.24. The summed E-state index contributed by atoms with van der Waals surface area (Å²) in [6, 6.07) is 18.5. The molecule has 2 heterocycles. The average molecular weight is 393 g/mol. The normalized spacial score (nSPS) is 15.4. The van der Waals surface area contributed by atoms with Crippen LogP contribution in [0.2, 0.25) is 0 Å². The first kappa shape index (κ1) is 18.1. The van der Waals surface area contributed by atoms with E-state index < -0.39 is 0 Å². The molecule has 3 aromatic rings. The van der Waals surface area contributed by atoms with Gasteiger partial charge >= 0.3 is 0 Å². The van der Waals surface area contributed by atoms with E-state index in [1.54, 1.807) is 29.7 Å². The fourth-order valence-electron chi connectivity index (χ4n) is 2.99. The Bertz CT molecular complexity index is 942. The van der Waals surface area contributed by atoms with Crippen molar-refractivity contribution in [2.45, 2.75) is 34.1 Å². The van der Waals surface area contributed by atoms with E-state index in [0.717, 1.165) is 17.9 Å². The summed E-state index contributed by atoms with van der Waals surface area (Å²) >= 11 is 3.43. The summed E-state index contributed by atoms with van der Waals surface area (Å²) in [5.74, 6) is 0.959. The summed E-state index contributed by atoms with van der Waals surface area (Å²) in [6.07, 6.45) is 4.47. The maximum atomic E-state index is 12.6. The number of aryl methyl sites for hydroxylation is 1. The number of anilines is 1. The summed E-state index contributed by atoms with van der Waals surface area (Å²) in [7, 11) is 0. The molecule has 0 saturated carbocycles. The molecule has 3 nitrogen and oxygen atoms in total. The van der Waals surface area contributed by atoms with Gasteiger partial charge in [-0.3, -0.25) is 9.78 Å². The van der Waals surface area contributed by atoms with E-state index in [1.807, 2.05) is 24.4 Å². The first-order chi connectivity index (χ1) is 13.2. The number of hydrogen-bond acceptors (Lipinski definition) is 4. The number of benzene rings is 2. The molecule has 0 saturated heterocycles. The number of aromatic nitrogens is 1. The van der Waals surface area contributed by atoms with Gasteiger partial charge in [-0.15, -0.1) is 23.5 Å². The molecule has 1 aliphatic rings. The first-order valence-electron chi connectivity index (χ1n) is 8.86. The number of pyridine rings is 1. The van der Waals surface area contributed by atoms with Crippen LogP contribution in [0.25, 0.3) is 0 Å². The fourth-order valence-corrected chi connectivity index (χ4v) is 5.11. The van der Waals surface area contributed by atoms with Crippen LogP contribution in [0.3, 0.4) is 0 Å². The van der Waals surface area contributed by atoms with E-state index in [0.29, 0.717) is 0 Å². The van der Waals surface area contributed by atoms with Crippen LogP contribution in [-0.2, 0) is 17.0 Å². The lowest BCUT2D eigenvalue weighted by molar-refractivity contribution is -0.115. The maximum absolute atomic E-state index is 12.6. The Labute approximate surface area is 168 Å². The van der Waals surface area contributed by atoms with Gasteiger partial charge in [0, 0.05) is 33.6 Å². The molecule has 0 bridgehead atoms. The summed E-state index contributed by atoms with van der Waals surface area (Å²) in [6.45, 7) is 2.09. The number of amides is 1. The molecule has 1 unspecified atom stereocenters. The van der Waals surface area contributed by atoms with Crippen molar-refractivity contribution in [3.8, 4) is 0 Å². The first-order valence-corrected chi connectivity index (χ1v) is 10.7. The fraction of sp³-hybridized carbons (Fsp3) is 0.182. The van der Waals surface area contributed by atoms with E-state index >= 15 is 0 Å². The van der Waals surface area contributed by atoms with E-state index in [2.05, 4.69) is 53.6 Å². The zero-order chi connectivity index (χ0) is 18.6. The predicted molar refractivity (Wildman–Crippen MR) is 113 cm³/mol. The van der Waals surface area contributed by atoms with Gasteiger partial charge in [0.15, 0.2) is 0 Å². The minimum Gasteiger partial charge on any atom is -0.325 e. The standard InChI is InChI=1S/C22H20N2OS2/c1-15-4-5-17-12-21(27-20(17)11-15)22(25)24-18-6-8-19(9-7-18)26-14-16-3-2-10-23-13-16/h2-11,13,21H,12,14H2,1H3,(H,24,25). The number of hydrogen-bond donors (Lipinski definition) is 1. The molecule has 1 atom stereocenters. The van der Waals surface area contributed by atoms with Gasteiger partial charge < -0.3 is 5.32 Å². The van der Waals surface area contributed by atoms with Crippen molar-refractivity contribution in [3.63, 3.8) is 0 Å². The van der Waals surface area contributed by atoms with Gasteiger partial charge in [0.1, 0.15) is 0 Å². The molecule has 4 rings (SSSR count). The van der Waals surface area contributed by atoms with Crippen LogP contribution in [0.5, 0.6) is 0 Å².